The van der Waals surface area contributed by atoms with Gasteiger partial charge >= 0.3 is 0 Å². The molecule has 0 radical (unpaired) electrons. The quantitative estimate of drug-likeness (QED) is 0.834. The fraction of sp³-hybridized carbons (Fsp3) is 0.400. The summed E-state index contributed by atoms with van der Waals surface area (Å²) in [7, 11) is 1.97. The fourth-order valence-electron chi connectivity index (χ4n) is 2.15. The molecule has 0 spiro atoms. The van der Waals surface area contributed by atoms with Gasteiger partial charge in [-0.1, -0.05) is 6.07 Å². The Kier molecular flexibility index (Phi) is 4.58. The van der Waals surface area contributed by atoms with E-state index in [2.05, 4.69) is 34.1 Å². The molecule has 2 aromatic rings. The average Bonchev–Trinajstić information content (AvgIpc) is 2.43. The molecule has 2 aromatic heterocycles. The van der Waals surface area contributed by atoms with Crippen LogP contribution in [0.2, 0.25) is 0 Å². The normalized spacial score (nSPS) is 10.7. The third kappa shape index (κ3) is 3.35. The van der Waals surface area contributed by atoms with Crippen LogP contribution in [-0.4, -0.2) is 28.5 Å². The molecule has 2 heterocycles. The lowest BCUT2D eigenvalue weighted by Crippen LogP contribution is -2.10. The smallest absolute Gasteiger partial charge is 0.178 e. The second-order valence-corrected chi connectivity index (χ2v) is 4.62. The minimum absolute atomic E-state index is 0.716. The maximum absolute atomic E-state index is 4.59. The molecule has 0 saturated heterocycles. The van der Waals surface area contributed by atoms with E-state index < -0.39 is 0 Å². The van der Waals surface area contributed by atoms with Crippen LogP contribution in [0.3, 0.4) is 0 Å². The molecule has 0 saturated carbocycles. The van der Waals surface area contributed by atoms with Crippen molar-refractivity contribution in [1.82, 2.24) is 20.3 Å². The zero-order chi connectivity index (χ0) is 13.7. The molecule has 1 N–H and O–H groups in total. The van der Waals surface area contributed by atoms with Gasteiger partial charge in [0.1, 0.15) is 5.69 Å². The van der Waals surface area contributed by atoms with Gasteiger partial charge in [-0.25, -0.2) is 9.97 Å². The Balaban J connectivity index is 2.26. The summed E-state index contributed by atoms with van der Waals surface area (Å²) in [5.41, 5.74) is 4.21. The molecular formula is C15H20N4. The van der Waals surface area contributed by atoms with Crippen LogP contribution in [0.1, 0.15) is 23.4 Å². The van der Waals surface area contributed by atoms with Crippen molar-refractivity contribution in [3.63, 3.8) is 0 Å². The van der Waals surface area contributed by atoms with Gasteiger partial charge in [-0.2, -0.15) is 0 Å². The molecule has 100 valence electrons. The molecule has 4 nitrogen and oxygen atoms in total. The lowest BCUT2D eigenvalue weighted by molar-refractivity contribution is 0.715. The molecule has 0 aromatic carbocycles. The highest BCUT2D eigenvalue weighted by Crippen LogP contribution is 2.17. The summed E-state index contributed by atoms with van der Waals surface area (Å²) in [6.45, 7) is 5.12. The molecule has 2 rings (SSSR count). The van der Waals surface area contributed by atoms with Crippen LogP contribution in [-0.2, 0) is 6.42 Å². The number of pyridine rings is 1. The first-order valence-corrected chi connectivity index (χ1v) is 6.62. The van der Waals surface area contributed by atoms with Crippen molar-refractivity contribution < 1.29 is 0 Å². The largest absolute Gasteiger partial charge is 0.320 e. The van der Waals surface area contributed by atoms with Crippen molar-refractivity contribution in [2.75, 3.05) is 13.6 Å². The van der Waals surface area contributed by atoms with E-state index in [0.29, 0.717) is 5.82 Å². The molecule has 19 heavy (non-hydrogen) atoms. The fourth-order valence-corrected chi connectivity index (χ4v) is 2.15. The zero-order valence-corrected chi connectivity index (χ0v) is 11.8. The van der Waals surface area contributed by atoms with E-state index in [9.17, 15) is 0 Å². The van der Waals surface area contributed by atoms with Crippen molar-refractivity contribution in [2.24, 2.45) is 0 Å². The third-order valence-corrected chi connectivity index (χ3v) is 3.17. The van der Waals surface area contributed by atoms with Gasteiger partial charge in [-0.05, 0) is 58.0 Å². The minimum atomic E-state index is 0.716. The summed E-state index contributed by atoms with van der Waals surface area (Å²) >= 11 is 0. The van der Waals surface area contributed by atoms with E-state index in [1.807, 2.05) is 25.2 Å². The molecule has 0 bridgehead atoms. The van der Waals surface area contributed by atoms with Gasteiger partial charge in [-0.15, -0.1) is 0 Å². The van der Waals surface area contributed by atoms with Gasteiger partial charge in [-0.3, -0.25) is 4.98 Å². The highest BCUT2D eigenvalue weighted by Gasteiger charge is 2.10. The van der Waals surface area contributed by atoms with Crippen molar-refractivity contribution in [3.8, 4) is 11.5 Å². The van der Waals surface area contributed by atoms with Crippen LogP contribution in [0.15, 0.2) is 24.4 Å². The minimum Gasteiger partial charge on any atom is -0.320 e. The summed E-state index contributed by atoms with van der Waals surface area (Å²) in [5.74, 6) is 0.716. The molecule has 0 atom stereocenters. The molecule has 0 aliphatic carbocycles. The number of hydrogen-bond acceptors (Lipinski definition) is 4. The van der Waals surface area contributed by atoms with Crippen molar-refractivity contribution in [2.45, 2.75) is 26.7 Å². The van der Waals surface area contributed by atoms with Crippen LogP contribution in [0, 0.1) is 13.8 Å². The Hall–Kier alpha value is -1.81. The Morgan fingerprint density at radius 2 is 1.84 bits per heavy atom. The topological polar surface area (TPSA) is 50.7 Å². The molecule has 0 unspecified atom stereocenters. The molecular weight excluding hydrogens is 236 g/mol. The van der Waals surface area contributed by atoms with Crippen LogP contribution in [0.5, 0.6) is 0 Å². The third-order valence-electron chi connectivity index (χ3n) is 3.17. The zero-order valence-electron chi connectivity index (χ0n) is 11.8. The second kappa shape index (κ2) is 6.38. The average molecular weight is 256 g/mol. The van der Waals surface area contributed by atoms with Crippen molar-refractivity contribution in [3.05, 3.63) is 41.3 Å². The first-order valence-electron chi connectivity index (χ1n) is 6.62. The van der Waals surface area contributed by atoms with E-state index in [1.54, 1.807) is 6.20 Å². The standard InChI is InChI=1S/C15H20N4/c1-11-13(7-6-9-16-3)12(2)19-15(18-11)14-8-4-5-10-17-14/h4-5,8,10,16H,6-7,9H2,1-3H3. The van der Waals surface area contributed by atoms with Crippen LogP contribution in [0.4, 0.5) is 0 Å². The molecule has 0 fully saturated rings. The van der Waals surface area contributed by atoms with Crippen LogP contribution in [0.25, 0.3) is 11.5 Å². The molecule has 0 aliphatic rings. The van der Waals surface area contributed by atoms with Gasteiger partial charge in [0.05, 0.1) is 0 Å². The monoisotopic (exact) mass is 256 g/mol. The number of aryl methyl sites for hydroxylation is 2. The predicted octanol–water partition coefficient (Wildman–Crippen LogP) is 2.31. The van der Waals surface area contributed by atoms with Crippen molar-refractivity contribution in [1.29, 1.82) is 0 Å². The van der Waals surface area contributed by atoms with Gasteiger partial charge in [0, 0.05) is 17.6 Å². The maximum atomic E-state index is 4.59. The number of hydrogen-bond donors (Lipinski definition) is 1. The van der Waals surface area contributed by atoms with E-state index in [4.69, 9.17) is 0 Å². The Bertz CT molecular complexity index is 514. The van der Waals surface area contributed by atoms with Crippen LogP contribution < -0.4 is 5.32 Å². The predicted molar refractivity (Wildman–Crippen MR) is 77.0 cm³/mol. The number of aromatic nitrogens is 3. The van der Waals surface area contributed by atoms with Gasteiger partial charge < -0.3 is 5.32 Å². The van der Waals surface area contributed by atoms with Crippen molar-refractivity contribution >= 4 is 0 Å². The molecule has 0 aliphatic heterocycles. The lowest BCUT2D eigenvalue weighted by atomic mass is 10.1. The summed E-state index contributed by atoms with van der Waals surface area (Å²) in [6, 6.07) is 5.79. The van der Waals surface area contributed by atoms with Gasteiger partial charge in [0.15, 0.2) is 5.82 Å². The molecule has 4 heteroatoms. The Morgan fingerprint density at radius 3 is 2.42 bits per heavy atom. The van der Waals surface area contributed by atoms with E-state index in [-0.39, 0.29) is 0 Å². The highest BCUT2D eigenvalue weighted by molar-refractivity contribution is 5.49. The first kappa shape index (κ1) is 13.6. The Morgan fingerprint density at radius 1 is 1.11 bits per heavy atom. The second-order valence-electron chi connectivity index (χ2n) is 4.62. The lowest BCUT2D eigenvalue weighted by Gasteiger charge is -2.10. The first-order chi connectivity index (χ1) is 9.22. The summed E-state index contributed by atoms with van der Waals surface area (Å²) in [5, 5.41) is 3.16. The van der Waals surface area contributed by atoms with E-state index in [0.717, 1.165) is 36.5 Å². The summed E-state index contributed by atoms with van der Waals surface area (Å²) in [6.07, 6.45) is 3.88. The number of rotatable bonds is 5. The SMILES string of the molecule is CNCCCc1c(C)nc(-c2ccccn2)nc1C. The van der Waals surface area contributed by atoms with E-state index >= 15 is 0 Å². The van der Waals surface area contributed by atoms with Gasteiger partial charge in [0.25, 0.3) is 0 Å². The maximum Gasteiger partial charge on any atom is 0.178 e. The summed E-state index contributed by atoms with van der Waals surface area (Å²) in [4.78, 5) is 13.5. The van der Waals surface area contributed by atoms with E-state index in [1.165, 1.54) is 5.56 Å². The highest BCUT2D eigenvalue weighted by atomic mass is 14.9. The summed E-state index contributed by atoms with van der Waals surface area (Å²) < 4.78 is 0. The molecule has 0 amide bonds. The van der Waals surface area contributed by atoms with Gasteiger partial charge in [0.2, 0.25) is 0 Å². The Labute approximate surface area is 114 Å². The number of nitrogens with one attached hydrogen (secondary N) is 1. The number of nitrogens with zero attached hydrogens (tertiary/aromatic N) is 3. The van der Waals surface area contributed by atoms with Crippen LogP contribution >= 0.6 is 0 Å².